The second-order valence-corrected chi connectivity index (χ2v) is 18.6. The fourth-order valence-electron chi connectivity index (χ4n) is 10.2. The Morgan fingerprint density at radius 3 is 2.31 bits per heavy atom. The van der Waals surface area contributed by atoms with Crippen molar-refractivity contribution in [2.75, 3.05) is 82.0 Å². The maximum Gasteiger partial charge on any atom is 0.328 e. The Balaban J connectivity index is 0.710. The molecule has 17 heteroatoms. The minimum Gasteiger partial charge on any atom is -0.495 e. The van der Waals surface area contributed by atoms with Crippen LogP contribution in [0.4, 0.5) is 26.4 Å². The molecule has 5 aromatic rings. The predicted octanol–water partition coefficient (Wildman–Crippen LogP) is 6.58. The maximum atomic E-state index is 13.8. The van der Waals surface area contributed by atoms with Crippen LogP contribution in [-0.2, 0) is 9.59 Å². The number of methoxy groups -OCH3 is 1. The number of carbonyl (C=O) groups is 4. The van der Waals surface area contributed by atoms with Crippen LogP contribution in [0.5, 0.6) is 5.75 Å². The van der Waals surface area contributed by atoms with Crippen molar-refractivity contribution in [3.05, 3.63) is 114 Å². The van der Waals surface area contributed by atoms with E-state index in [0.717, 1.165) is 76.4 Å². The first-order chi connectivity index (χ1) is 33.1. The van der Waals surface area contributed by atoms with Crippen molar-refractivity contribution in [1.29, 1.82) is 0 Å². The minimum absolute atomic E-state index is 0.0513. The van der Waals surface area contributed by atoms with Crippen LogP contribution in [0.2, 0.25) is 0 Å². The van der Waals surface area contributed by atoms with Gasteiger partial charge in [-0.25, -0.2) is 19.2 Å². The van der Waals surface area contributed by atoms with E-state index in [0.29, 0.717) is 58.6 Å². The third-order valence-electron chi connectivity index (χ3n) is 14.2. The average Bonchev–Trinajstić information content (AvgIpc) is 3.86. The van der Waals surface area contributed by atoms with E-state index in [2.05, 4.69) is 25.4 Å². The number of benzene rings is 3. The van der Waals surface area contributed by atoms with Crippen LogP contribution in [0, 0.1) is 17.7 Å². The molecule has 5 amide bonds. The Morgan fingerprint density at radius 2 is 1.59 bits per heavy atom. The highest BCUT2D eigenvalue weighted by molar-refractivity contribution is 6.07. The third kappa shape index (κ3) is 10.8. The summed E-state index contributed by atoms with van der Waals surface area (Å²) in [4.78, 5) is 69.7. The molecule has 356 valence electrons. The molecule has 4 aliphatic rings. The van der Waals surface area contributed by atoms with E-state index in [1.165, 1.54) is 55.5 Å². The third-order valence-corrected chi connectivity index (χ3v) is 14.2. The zero-order chi connectivity index (χ0) is 47.1. The average molecular weight is 926 g/mol. The molecule has 16 nitrogen and oxygen atoms in total. The molecule has 0 bridgehead atoms. The topological polar surface area (TPSA) is 184 Å². The number of urea groups is 1. The molecule has 2 aromatic heterocycles. The summed E-state index contributed by atoms with van der Waals surface area (Å²) in [5, 5.41) is 9.99. The number of ether oxygens (including phenoxy) is 1. The molecule has 1 atom stereocenters. The van der Waals surface area contributed by atoms with Crippen LogP contribution < -0.4 is 26.0 Å². The first-order valence-electron chi connectivity index (χ1n) is 23.9. The molecule has 9 rings (SSSR count). The molecule has 4 fully saturated rings. The molecule has 3 aromatic carbocycles. The van der Waals surface area contributed by atoms with Crippen LogP contribution in [-0.4, -0.2) is 124 Å². The number of hydrogen-bond acceptors (Lipinski definition) is 11. The fraction of sp³-hybridized carbons (Fsp3) is 0.431. The van der Waals surface area contributed by atoms with E-state index in [1.807, 2.05) is 46.1 Å². The van der Waals surface area contributed by atoms with Crippen molar-refractivity contribution in [1.82, 2.24) is 39.8 Å². The number of nitrogens with one attached hydrogen (secondary N) is 2. The van der Waals surface area contributed by atoms with Gasteiger partial charge in [-0.05, 0) is 124 Å². The smallest absolute Gasteiger partial charge is 0.328 e. The monoisotopic (exact) mass is 925 g/mol. The zero-order valence-electron chi connectivity index (χ0n) is 38.6. The normalized spacial score (nSPS) is 18.6. The number of piperidine rings is 3. The molecule has 68 heavy (non-hydrogen) atoms. The van der Waals surface area contributed by atoms with Crippen LogP contribution in [0.1, 0.15) is 84.9 Å². The molecule has 4 N–H and O–H groups in total. The summed E-state index contributed by atoms with van der Waals surface area (Å²) in [5.74, 6) is -0.0489. The molecule has 0 radical (unpaired) electrons. The fourth-order valence-corrected chi connectivity index (χ4v) is 10.2. The summed E-state index contributed by atoms with van der Waals surface area (Å²) < 4.78 is 21.1. The van der Waals surface area contributed by atoms with Crippen molar-refractivity contribution < 1.29 is 28.3 Å². The lowest BCUT2D eigenvalue weighted by Crippen LogP contribution is -2.49. The lowest BCUT2D eigenvalue weighted by Gasteiger charge is -2.38. The highest BCUT2D eigenvalue weighted by atomic mass is 19.1. The van der Waals surface area contributed by atoms with Gasteiger partial charge in [0.15, 0.2) is 0 Å². The minimum atomic E-state index is -0.853. The van der Waals surface area contributed by atoms with Gasteiger partial charge >= 0.3 is 6.03 Å². The van der Waals surface area contributed by atoms with Crippen molar-refractivity contribution in [3.8, 4) is 17.0 Å². The number of nitrogen functional groups attached to an aromatic ring is 1. The molecule has 0 spiro atoms. The quantitative estimate of drug-likeness (QED) is 0.109. The van der Waals surface area contributed by atoms with Crippen LogP contribution in [0.15, 0.2) is 91.4 Å². The summed E-state index contributed by atoms with van der Waals surface area (Å²) in [7, 11) is 1.53. The summed E-state index contributed by atoms with van der Waals surface area (Å²) in [6, 6.07) is 19.9. The second kappa shape index (κ2) is 21.1. The lowest BCUT2D eigenvalue weighted by atomic mass is 9.90. The van der Waals surface area contributed by atoms with Gasteiger partial charge in [0.1, 0.15) is 29.0 Å². The van der Waals surface area contributed by atoms with Crippen molar-refractivity contribution >= 4 is 40.9 Å². The van der Waals surface area contributed by atoms with E-state index in [9.17, 15) is 23.6 Å². The maximum absolute atomic E-state index is 13.8. The molecule has 4 saturated heterocycles. The number of likely N-dealkylation sites (tertiary alicyclic amines) is 3. The molecular formula is C51H60FN11O5. The number of hydrogen-bond donors (Lipinski definition) is 3. The van der Waals surface area contributed by atoms with E-state index in [1.54, 1.807) is 30.6 Å². The van der Waals surface area contributed by atoms with Crippen LogP contribution >= 0.6 is 0 Å². The zero-order valence-corrected chi connectivity index (χ0v) is 38.6. The van der Waals surface area contributed by atoms with Gasteiger partial charge in [0.2, 0.25) is 11.8 Å². The van der Waals surface area contributed by atoms with Gasteiger partial charge in [-0.3, -0.25) is 29.3 Å². The number of halogens is 1. The molecule has 0 unspecified atom stereocenters. The summed E-state index contributed by atoms with van der Waals surface area (Å²) >= 11 is 0. The lowest BCUT2D eigenvalue weighted by molar-refractivity contribution is -0.120. The summed E-state index contributed by atoms with van der Waals surface area (Å²) in [6.07, 6.45) is 13.2. The van der Waals surface area contributed by atoms with Gasteiger partial charge in [-0.15, -0.1) is 0 Å². The summed E-state index contributed by atoms with van der Waals surface area (Å²) in [6.45, 7) is 8.09. The van der Waals surface area contributed by atoms with Crippen molar-refractivity contribution in [2.24, 2.45) is 11.8 Å². The van der Waals surface area contributed by atoms with E-state index < -0.39 is 17.8 Å². The highest BCUT2D eigenvalue weighted by Crippen LogP contribution is 2.34. The number of nitrogens with two attached hydrogens (primary N) is 1. The number of imide groups is 1. The van der Waals surface area contributed by atoms with Gasteiger partial charge in [0.25, 0.3) is 5.91 Å². The Hall–Kier alpha value is -6.72. The van der Waals surface area contributed by atoms with Crippen LogP contribution in [0.25, 0.3) is 11.3 Å². The van der Waals surface area contributed by atoms with Crippen LogP contribution in [0.3, 0.4) is 0 Å². The standard InChI is InChI=1S/C51H60FN11O5/c1-68-44-12-7-37(29-43(44)62-28-20-45(64)58-51(62)67)50(66)61-26-16-35(17-27-61)32-60-22-14-34(15-23-60)13-21-59-24-18-41(19-25-59)63-33-38(30-55-63)42-31-54-48(53)47(57-42)46(36-5-3-2-4-6-36)49(65)56-40-10-8-39(52)9-11-40/h2-12,29-31,33-35,41,46H,13-28,32H2,1H3,(H2,53,54)(H,56,65)(H,58,64,67)/t46-/m1/s1. The Labute approximate surface area is 396 Å². The Bertz CT molecular complexity index is 2570. The highest BCUT2D eigenvalue weighted by Gasteiger charge is 2.32. The van der Waals surface area contributed by atoms with Gasteiger partial charge in [-0.1, -0.05) is 30.3 Å². The molecule has 0 aliphatic carbocycles. The number of rotatable bonds is 14. The predicted molar refractivity (Wildman–Crippen MR) is 257 cm³/mol. The number of nitrogens with zero attached hydrogens (tertiary/aromatic N) is 8. The van der Waals surface area contributed by atoms with Gasteiger partial charge < -0.3 is 30.5 Å². The molecular weight excluding hydrogens is 866 g/mol. The number of anilines is 3. The number of amides is 5. The van der Waals surface area contributed by atoms with E-state index >= 15 is 0 Å². The van der Waals surface area contributed by atoms with Crippen molar-refractivity contribution in [2.45, 2.75) is 63.3 Å². The first-order valence-corrected chi connectivity index (χ1v) is 23.9. The van der Waals surface area contributed by atoms with Gasteiger partial charge in [-0.2, -0.15) is 5.10 Å². The Kier molecular flexibility index (Phi) is 14.4. The molecule has 4 aliphatic heterocycles. The largest absolute Gasteiger partial charge is 0.495 e. The molecule has 0 saturated carbocycles. The van der Waals surface area contributed by atoms with Crippen molar-refractivity contribution in [3.63, 3.8) is 0 Å². The Morgan fingerprint density at radius 1 is 0.868 bits per heavy atom. The van der Waals surface area contributed by atoms with E-state index in [-0.39, 0.29) is 42.5 Å². The SMILES string of the molecule is COc1ccc(C(=O)N2CCC(CN3CCC(CCN4CCC(n5cc(-c6cnc(N)c([C@H](C(=O)Nc7ccc(F)cc7)c7ccccc7)n6)cn5)CC4)CC3)CC2)cc1N1CCC(=O)NC1=O. The first kappa shape index (κ1) is 46.4. The number of carbonyl (C=O) groups excluding carboxylic acids is 4. The van der Waals surface area contributed by atoms with Gasteiger partial charge in [0.05, 0.1) is 36.9 Å². The second-order valence-electron chi connectivity index (χ2n) is 18.6. The summed E-state index contributed by atoms with van der Waals surface area (Å²) in [5.41, 5.74) is 10.3. The van der Waals surface area contributed by atoms with E-state index in [4.69, 9.17) is 20.6 Å². The van der Waals surface area contributed by atoms with Gasteiger partial charge in [0, 0.05) is 68.7 Å². The number of aromatic nitrogens is 4. The molecule has 6 heterocycles.